The van der Waals surface area contributed by atoms with E-state index in [1.165, 1.54) is 0 Å². The molecule has 4 heteroatoms. The second kappa shape index (κ2) is 7.65. The lowest BCUT2D eigenvalue weighted by Crippen LogP contribution is -2.40. The largest absolute Gasteiger partial charge is 0.353 e. The van der Waals surface area contributed by atoms with E-state index in [4.69, 9.17) is 5.73 Å². The summed E-state index contributed by atoms with van der Waals surface area (Å²) in [6, 6.07) is 0.203. The van der Waals surface area contributed by atoms with Gasteiger partial charge in [0, 0.05) is 6.04 Å². The summed E-state index contributed by atoms with van der Waals surface area (Å²) in [6.45, 7) is 10.0. The molecule has 0 heterocycles. The zero-order valence-corrected chi connectivity index (χ0v) is 10.3. The van der Waals surface area contributed by atoms with Crippen LogP contribution in [-0.4, -0.2) is 31.6 Å². The van der Waals surface area contributed by atoms with Crippen LogP contribution in [0, 0.1) is 11.8 Å². The van der Waals surface area contributed by atoms with Crippen LogP contribution in [0.25, 0.3) is 0 Å². The molecule has 90 valence electrons. The summed E-state index contributed by atoms with van der Waals surface area (Å²) in [5, 5.41) is 5.96. The van der Waals surface area contributed by atoms with Crippen molar-refractivity contribution in [3.05, 3.63) is 0 Å². The summed E-state index contributed by atoms with van der Waals surface area (Å²) >= 11 is 0. The first-order chi connectivity index (χ1) is 6.97. The molecular weight excluding hydrogens is 190 g/mol. The Morgan fingerprint density at radius 2 is 1.87 bits per heavy atom. The molecule has 0 aromatic rings. The zero-order valence-electron chi connectivity index (χ0n) is 10.3. The Labute approximate surface area is 93.0 Å². The van der Waals surface area contributed by atoms with Crippen LogP contribution in [0.1, 0.15) is 27.7 Å². The topological polar surface area (TPSA) is 67.2 Å². The van der Waals surface area contributed by atoms with E-state index in [1.54, 1.807) is 0 Å². The van der Waals surface area contributed by atoms with Gasteiger partial charge in [0.05, 0.1) is 6.54 Å². The smallest absolute Gasteiger partial charge is 0.234 e. The van der Waals surface area contributed by atoms with E-state index in [-0.39, 0.29) is 11.9 Å². The molecule has 0 aliphatic carbocycles. The Hall–Kier alpha value is -0.610. The zero-order chi connectivity index (χ0) is 11.8. The molecule has 1 unspecified atom stereocenters. The molecule has 4 N–H and O–H groups in total. The van der Waals surface area contributed by atoms with Gasteiger partial charge in [-0.25, -0.2) is 0 Å². The van der Waals surface area contributed by atoms with Crippen molar-refractivity contribution in [2.24, 2.45) is 17.6 Å². The molecular formula is C11H25N3O. The monoisotopic (exact) mass is 215 g/mol. The van der Waals surface area contributed by atoms with Crippen LogP contribution in [-0.2, 0) is 4.79 Å². The number of amides is 1. The van der Waals surface area contributed by atoms with Crippen molar-refractivity contribution in [2.45, 2.75) is 33.7 Å². The molecule has 0 saturated carbocycles. The molecule has 0 aromatic heterocycles. The first-order valence-corrected chi connectivity index (χ1v) is 5.67. The van der Waals surface area contributed by atoms with Crippen LogP contribution < -0.4 is 16.4 Å². The summed E-state index contributed by atoms with van der Waals surface area (Å²) < 4.78 is 0. The molecule has 0 spiro atoms. The normalized spacial score (nSPS) is 13.3. The van der Waals surface area contributed by atoms with Gasteiger partial charge in [0.15, 0.2) is 0 Å². The lowest BCUT2D eigenvalue weighted by Gasteiger charge is -2.19. The highest BCUT2D eigenvalue weighted by molar-refractivity contribution is 5.78. The molecule has 0 aromatic carbocycles. The van der Waals surface area contributed by atoms with E-state index in [1.807, 2.05) is 13.8 Å². The Balaban J connectivity index is 3.64. The number of rotatable bonds is 7. The van der Waals surface area contributed by atoms with Crippen LogP contribution in [0.3, 0.4) is 0 Å². The van der Waals surface area contributed by atoms with Gasteiger partial charge in [0.2, 0.25) is 5.91 Å². The Morgan fingerprint density at radius 1 is 1.27 bits per heavy atom. The van der Waals surface area contributed by atoms with Gasteiger partial charge in [-0.2, -0.15) is 0 Å². The number of nitrogens with one attached hydrogen (secondary N) is 2. The molecule has 1 amide bonds. The third-order valence-corrected chi connectivity index (χ3v) is 2.39. The minimum atomic E-state index is 0.0459. The first-order valence-electron chi connectivity index (χ1n) is 5.67. The molecule has 4 nitrogen and oxygen atoms in total. The average Bonchev–Trinajstić information content (AvgIpc) is 2.10. The molecule has 0 rings (SSSR count). The van der Waals surface area contributed by atoms with Crippen LogP contribution >= 0.6 is 0 Å². The Morgan fingerprint density at radius 3 is 2.27 bits per heavy atom. The van der Waals surface area contributed by atoms with Crippen molar-refractivity contribution in [2.75, 3.05) is 19.6 Å². The van der Waals surface area contributed by atoms with Gasteiger partial charge >= 0.3 is 0 Å². The number of carbonyl (C=O) groups excluding carboxylic acids is 1. The maximum atomic E-state index is 11.3. The fourth-order valence-electron chi connectivity index (χ4n) is 1.34. The molecule has 0 aliphatic heterocycles. The average molecular weight is 215 g/mol. The van der Waals surface area contributed by atoms with E-state index >= 15 is 0 Å². The van der Waals surface area contributed by atoms with Gasteiger partial charge < -0.3 is 16.4 Å². The van der Waals surface area contributed by atoms with Gasteiger partial charge in [-0.15, -0.1) is 0 Å². The van der Waals surface area contributed by atoms with Crippen molar-refractivity contribution < 1.29 is 4.79 Å². The minimum absolute atomic E-state index is 0.0459. The SMILES string of the molecule is CC(C)NC(=O)CNCC(CN)C(C)C. The molecule has 0 bridgehead atoms. The van der Waals surface area contributed by atoms with Crippen molar-refractivity contribution >= 4 is 5.91 Å². The molecule has 15 heavy (non-hydrogen) atoms. The Bertz CT molecular complexity index is 181. The highest BCUT2D eigenvalue weighted by Gasteiger charge is 2.11. The van der Waals surface area contributed by atoms with Crippen LogP contribution in [0.2, 0.25) is 0 Å². The maximum absolute atomic E-state index is 11.3. The Kier molecular flexibility index (Phi) is 7.34. The number of hydrogen-bond acceptors (Lipinski definition) is 3. The van der Waals surface area contributed by atoms with E-state index in [0.29, 0.717) is 24.9 Å². The van der Waals surface area contributed by atoms with Crippen LogP contribution in [0.5, 0.6) is 0 Å². The molecule has 0 fully saturated rings. The van der Waals surface area contributed by atoms with Crippen molar-refractivity contribution in [3.8, 4) is 0 Å². The highest BCUT2D eigenvalue weighted by atomic mass is 16.1. The van der Waals surface area contributed by atoms with E-state index in [0.717, 1.165) is 6.54 Å². The minimum Gasteiger partial charge on any atom is -0.353 e. The molecule has 1 atom stereocenters. The number of hydrogen-bond donors (Lipinski definition) is 3. The third kappa shape index (κ3) is 7.33. The van der Waals surface area contributed by atoms with Crippen LogP contribution in [0.15, 0.2) is 0 Å². The predicted octanol–water partition coefficient (Wildman–Crippen LogP) is 0.332. The second-order valence-corrected chi connectivity index (χ2v) is 4.59. The summed E-state index contributed by atoms with van der Waals surface area (Å²) in [4.78, 5) is 11.3. The first kappa shape index (κ1) is 14.4. The summed E-state index contributed by atoms with van der Waals surface area (Å²) in [7, 11) is 0. The highest BCUT2D eigenvalue weighted by Crippen LogP contribution is 2.06. The van der Waals surface area contributed by atoms with E-state index < -0.39 is 0 Å². The van der Waals surface area contributed by atoms with Gasteiger partial charge in [0.25, 0.3) is 0 Å². The van der Waals surface area contributed by atoms with Gasteiger partial charge in [-0.05, 0) is 38.8 Å². The number of carbonyl (C=O) groups is 1. The molecule has 0 aliphatic rings. The standard InChI is InChI=1S/C11H25N3O/c1-8(2)10(5-12)6-13-7-11(15)14-9(3)4/h8-10,13H,5-7,12H2,1-4H3,(H,14,15). The fourth-order valence-corrected chi connectivity index (χ4v) is 1.34. The summed E-state index contributed by atoms with van der Waals surface area (Å²) in [6.07, 6.45) is 0. The predicted molar refractivity (Wildman–Crippen MR) is 63.5 cm³/mol. The molecule has 0 radical (unpaired) electrons. The summed E-state index contributed by atoms with van der Waals surface area (Å²) in [5.74, 6) is 1.04. The van der Waals surface area contributed by atoms with Gasteiger partial charge in [-0.3, -0.25) is 4.79 Å². The van der Waals surface area contributed by atoms with Crippen molar-refractivity contribution in [3.63, 3.8) is 0 Å². The number of nitrogens with two attached hydrogens (primary N) is 1. The lowest BCUT2D eigenvalue weighted by molar-refractivity contribution is -0.120. The third-order valence-electron chi connectivity index (χ3n) is 2.39. The molecule has 0 saturated heterocycles. The lowest BCUT2D eigenvalue weighted by atomic mass is 9.96. The summed E-state index contributed by atoms with van der Waals surface area (Å²) in [5.41, 5.74) is 5.63. The van der Waals surface area contributed by atoms with E-state index in [2.05, 4.69) is 24.5 Å². The van der Waals surface area contributed by atoms with Crippen LogP contribution in [0.4, 0.5) is 0 Å². The van der Waals surface area contributed by atoms with E-state index in [9.17, 15) is 4.79 Å². The van der Waals surface area contributed by atoms with Gasteiger partial charge in [-0.1, -0.05) is 13.8 Å². The van der Waals surface area contributed by atoms with Crippen molar-refractivity contribution in [1.29, 1.82) is 0 Å². The fraction of sp³-hybridized carbons (Fsp3) is 0.909. The second-order valence-electron chi connectivity index (χ2n) is 4.59. The quantitative estimate of drug-likeness (QED) is 0.573. The van der Waals surface area contributed by atoms with Gasteiger partial charge in [0.1, 0.15) is 0 Å². The van der Waals surface area contributed by atoms with Crippen molar-refractivity contribution in [1.82, 2.24) is 10.6 Å². The maximum Gasteiger partial charge on any atom is 0.234 e.